The van der Waals surface area contributed by atoms with E-state index < -0.39 is 0 Å². The lowest BCUT2D eigenvalue weighted by Gasteiger charge is -2.35. The van der Waals surface area contributed by atoms with Crippen molar-refractivity contribution in [2.24, 2.45) is 0 Å². The first-order chi connectivity index (χ1) is 13.3. The number of ether oxygens (including phenoxy) is 2. The van der Waals surface area contributed by atoms with E-state index in [1.165, 1.54) is 21.9 Å². The van der Waals surface area contributed by atoms with E-state index in [2.05, 4.69) is 66.7 Å². The minimum Gasteiger partial charge on any atom is -0.489 e. The molecular weight excluding hydrogens is 356 g/mol. The molecule has 138 valence electrons. The van der Waals surface area contributed by atoms with Crippen LogP contribution in [0.4, 0.5) is 0 Å². The van der Waals surface area contributed by atoms with Crippen molar-refractivity contribution in [1.29, 1.82) is 0 Å². The van der Waals surface area contributed by atoms with Crippen LogP contribution in [0.3, 0.4) is 0 Å². The van der Waals surface area contributed by atoms with Crippen LogP contribution in [0.15, 0.2) is 78.3 Å². The minimum atomic E-state index is -0.0671. The van der Waals surface area contributed by atoms with Gasteiger partial charge in [-0.15, -0.1) is 0 Å². The first-order valence-corrected chi connectivity index (χ1v) is 9.79. The van der Waals surface area contributed by atoms with Crippen LogP contribution < -0.4 is 4.74 Å². The van der Waals surface area contributed by atoms with Crippen molar-refractivity contribution in [2.45, 2.75) is 24.9 Å². The highest BCUT2D eigenvalue weighted by atomic mass is 35.5. The van der Waals surface area contributed by atoms with Gasteiger partial charge in [-0.1, -0.05) is 66.2 Å². The number of allylic oxidation sites excluding steroid dienone is 1. The normalized spacial score (nSPS) is 16.6. The predicted octanol–water partition coefficient (Wildman–Crippen LogP) is 6.22. The van der Waals surface area contributed by atoms with Gasteiger partial charge in [0.05, 0.1) is 0 Å². The molecule has 0 N–H and O–H groups in total. The monoisotopic (exact) mass is 378 g/mol. The average molecular weight is 379 g/mol. The van der Waals surface area contributed by atoms with Crippen LogP contribution in [0.25, 0.3) is 10.8 Å². The maximum Gasteiger partial charge on any atom is 0.120 e. The molecule has 0 amide bonds. The van der Waals surface area contributed by atoms with Gasteiger partial charge in [0, 0.05) is 24.2 Å². The molecular formula is C24H23ClO2. The Hall–Kier alpha value is -2.29. The highest BCUT2D eigenvalue weighted by Crippen LogP contribution is 2.38. The first-order valence-electron chi connectivity index (χ1n) is 9.36. The number of benzene rings is 3. The summed E-state index contributed by atoms with van der Waals surface area (Å²) in [6.45, 7) is 2.06. The Labute approximate surface area is 165 Å². The lowest BCUT2D eigenvalue weighted by Crippen LogP contribution is -2.31. The van der Waals surface area contributed by atoms with Crippen molar-refractivity contribution < 1.29 is 9.47 Å². The molecule has 3 heteroatoms. The second-order valence-electron chi connectivity index (χ2n) is 7.06. The van der Waals surface area contributed by atoms with Crippen molar-refractivity contribution in [1.82, 2.24) is 0 Å². The Morgan fingerprint density at radius 1 is 0.926 bits per heavy atom. The lowest BCUT2D eigenvalue weighted by atomic mass is 9.74. The zero-order valence-electron chi connectivity index (χ0n) is 15.2. The molecule has 0 atom stereocenters. The number of hydrogen-bond donors (Lipinski definition) is 0. The Morgan fingerprint density at radius 3 is 2.56 bits per heavy atom. The molecule has 0 spiro atoms. The Kier molecular flexibility index (Phi) is 5.47. The van der Waals surface area contributed by atoms with E-state index in [9.17, 15) is 0 Å². The van der Waals surface area contributed by atoms with Crippen LogP contribution in [0.1, 0.15) is 24.0 Å². The summed E-state index contributed by atoms with van der Waals surface area (Å²) < 4.78 is 11.7. The number of hydrogen-bond acceptors (Lipinski definition) is 2. The van der Waals surface area contributed by atoms with Crippen molar-refractivity contribution in [3.8, 4) is 5.75 Å². The van der Waals surface area contributed by atoms with Crippen molar-refractivity contribution in [3.05, 3.63) is 89.5 Å². The molecule has 4 rings (SSSR count). The van der Waals surface area contributed by atoms with Gasteiger partial charge in [0.25, 0.3) is 0 Å². The van der Waals surface area contributed by atoms with Gasteiger partial charge in [-0.05, 0) is 52.9 Å². The van der Waals surface area contributed by atoms with E-state index in [-0.39, 0.29) is 5.41 Å². The second-order valence-corrected chi connectivity index (χ2v) is 7.31. The number of halogens is 1. The summed E-state index contributed by atoms with van der Waals surface area (Å²) in [5.74, 6) is 0.884. The SMILES string of the molecule is Cl/C=C/C1(c2cccc(OCc3ccc4ccccc4c3)c2)CCOCC1. The molecule has 27 heavy (non-hydrogen) atoms. The summed E-state index contributed by atoms with van der Waals surface area (Å²) in [6.07, 6.45) is 3.97. The standard InChI is InChI=1S/C24H23ClO2/c25-13-10-24(11-14-26-15-12-24)22-6-3-7-23(17-22)27-18-19-8-9-20-4-1-2-5-21(20)16-19/h1-10,13,16-17H,11-12,14-15,18H2/b13-10+. The van der Waals surface area contributed by atoms with Crippen LogP contribution in [0.5, 0.6) is 5.75 Å². The molecule has 2 nitrogen and oxygen atoms in total. The molecule has 0 unspecified atom stereocenters. The van der Waals surface area contributed by atoms with Crippen LogP contribution in [-0.4, -0.2) is 13.2 Å². The first kappa shape index (κ1) is 18.1. The molecule has 1 aliphatic rings. The zero-order chi connectivity index (χ0) is 18.5. The fourth-order valence-corrected chi connectivity index (χ4v) is 4.04. The second kappa shape index (κ2) is 8.16. The van der Waals surface area contributed by atoms with Gasteiger partial charge in [0.2, 0.25) is 0 Å². The van der Waals surface area contributed by atoms with Crippen LogP contribution in [0.2, 0.25) is 0 Å². The summed E-state index contributed by atoms with van der Waals surface area (Å²) >= 11 is 5.95. The molecule has 0 aliphatic carbocycles. The third kappa shape index (κ3) is 4.02. The minimum absolute atomic E-state index is 0.0671. The third-order valence-electron chi connectivity index (χ3n) is 5.40. The van der Waals surface area contributed by atoms with E-state index in [0.29, 0.717) is 6.61 Å². The highest BCUT2D eigenvalue weighted by molar-refractivity contribution is 6.25. The molecule has 3 aromatic carbocycles. The van der Waals surface area contributed by atoms with Crippen molar-refractivity contribution in [3.63, 3.8) is 0 Å². The Bertz CT molecular complexity index is 942. The molecule has 1 aliphatic heterocycles. The summed E-state index contributed by atoms with van der Waals surface area (Å²) in [6, 6.07) is 23.2. The number of fused-ring (bicyclic) bond motifs is 1. The summed E-state index contributed by atoms with van der Waals surface area (Å²) in [5, 5.41) is 2.48. The topological polar surface area (TPSA) is 18.5 Å². The maximum atomic E-state index is 6.11. The third-order valence-corrected chi connectivity index (χ3v) is 5.52. The van der Waals surface area contributed by atoms with Crippen molar-refractivity contribution >= 4 is 22.4 Å². The summed E-state index contributed by atoms with van der Waals surface area (Å²) in [5.41, 5.74) is 3.97. The molecule has 0 saturated carbocycles. The lowest BCUT2D eigenvalue weighted by molar-refractivity contribution is 0.0653. The van der Waals surface area contributed by atoms with Crippen LogP contribution in [-0.2, 0) is 16.8 Å². The molecule has 1 heterocycles. The quantitative estimate of drug-likeness (QED) is 0.524. The molecule has 1 saturated heterocycles. The fraction of sp³-hybridized carbons (Fsp3) is 0.250. The maximum absolute atomic E-state index is 6.11. The predicted molar refractivity (Wildman–Crippen MR) is 111 cm³/mol. The van der Waals surface area contributed by atoms with E-state index in [0.717, 1.165) is 31.8 Å². The summed E-state index contributed by atoms with van der Waals surface area (Å²) in [7, 11) is 0. The van der Waals surface area contributed by atoms with Gasteiger partial charge in [-0.3, -0.25) is 0 Å². The number of rotatable bonds is 5. The highest BCUT2D eigenvalue weighted by Gasteiger charge is 2.32. The van der Waals surface area contributed by atoms with Gasteiger partial charge in [-0.25, -0.2) is 0 Å². The van der Waals surface area contributed by atoms with E-state index in [1.54, 1.807) is 5.54 Å². The Morgan fingerprint density at radius 2 is 1.74 bits per heavy atom. The van der Waals surface area contributed by atoms with Gasteiger partial charge in [-0.2, -0.15) is 0 Å². The van der Waals surface area contributed by atoms with E-state index in [4.69, 9.17) is 21.1 Å². The molecule has 3 aromatic rings. The van der Waals surface area contributed by atoms with E-state index >= 15 is 0 Å². The smallest absolute Gasteiger partial charge is 0.120 e. The van der Waals surface area contributed by atoms with Gasteiger partial charge in [0.15, 0.2) is 0 Å². The van der Waals surface area contributed by atoms with E-state index in [1.807, 2.05) is 6.07 Å². The summed E-state index contributed by atoms with van der Waals surface area (Å²) in [4.78, 5) is 0. The van der Waals surface area contributed by atoms with Crippen LogP contribution >= 0.6 is 11.6 Å². The average Bonchev–Trinajstić information content (AvgIpc) is 2.73. The zero-order valence-corrected chi connectivity index (χ0v) is 16.0. The van der Waals surface area contributed by atoms with Gasteiger partial charge < -0.3 is 9.47 Å². The van der Waals surface area contributed by atoms with Crippen molar-refractivity contribution in [2.75, 3.05) is 13.2 Å². The molecule has 0 aromatic heterocycles. The van der Waals surface area contributed by atoms with Gasteiger partial charge >= 0.3 is 0 Å². The Balaban J connectivity index is 1.53. The largest absolute Gasteiger partial charge is 0.489 e. The van der Waals surface area contributed by atoms with Gasteiger partial charge in [0.1, 0.15) is 12.4 Å². The molecule has 0 radical (unpaired) electrons. The molecule has 0 bridgehead atoms. The fourth-order valence-electron chi connectivity index (χ4n) is 3.80. The van der Waals surface area contributed by atoms with Crippen LogP contribution in [0, 0.1) is 0 Å². The molecule has 1 fully saturated rings.